The number of halogens is 1. The van der Waals surface area contributed by atoms with Crippen molar-refractivity contribution in [3.8, 4) is 0 Å². The molecule has 1 amide bonds. The summed E-state index contributed by atoms with van der Waals surface area (Å²) < 4.78 is 4.99. The lowest BCUT2D eigenvalue weighted by molar-refractivity contribution is -0.132. The molecule has 0 aliphatic carbocycles. The van der Waals surface area contributed by atoms with Gasteiger partial charge < -0.3 is 15.4 Å². The van der Waals surface area contributed by atoms with Gasteiger partial charge in [0.1, 0.15) is 0 Å². The zero-order valence-corrected chi connectivity index (χ0v) is 11.4. The van der Waals surface area contributed by atoms with Crippen LogP contribution in [0.25, 0.3) is 0 Å². The molecule has 0 aliphatic rings. The lowest BCUT2D eigenvalue weighted by Gasteiger charge is -2.24. The van der Waals surface area contributed by atoms with E-state index in [0.717, 1.165) is 13.0 Å². The molecule has 4 nitrogen and oxygen atoms in total. The monoisotopic (exact) mass is 252 g/mol. The summed E-state index contributed by atoms with van der Waals surface area (Å²) in [7, 11) is 1.65. The van der Waals surface area contributed by atoms with E-state index >= 15 is 0 Å². The summed E-state index contributed by atoms with van der Waals surface area (Å²) in [4.78, 5) is 13.6. The van der Waals surface area contributed by atoms with Crippen LogP contribution in [0.2, 0.25) is 0 Å². The van der Waals surface area contributed by atoms with Crippen LogP contribution in [-0.2, 0) is 9.53 Å². The zero-order chi connectivity index (χ0) is 11.7. The number of nitrogens with zero attached hydrogens (tertiary/aromatic N) is 1. The van der Waals surface area contributed by atoms with Gasteiger partial charge in [0.25, 0.3) is 0 Å². The van der Waals surface area contributed by atoms with Crippen molar-refractivity contribution in [2.75, 3.05) is 33.4 Å². The Labute approximate surface area is 105 Å². The fraction of sp³-hybridized carbons (Fsp3) is 0.909. The van der Waals surface area contributed by atoms with Gasteiger partial charge in [-0.1, -0.05) is 13.8 Å². The predicted molar refractivity (Wildman–Crippen MR) is 68.8 cm³/mol. The van der Waals surface area contributed by atoms with E-state index in [1.54, 1.807) is 7.11 Å². The average molecular weight is 253 g/mol. The number of hydrogen-bond donors (Lipinski definition) is 1. The third-order valence-corrected chi connectivity index (χ3v) is 2.10. The molecule has 0 aromatic heterocycles. The van der Waals surface area contributed by atoms with Crippen molar-refractivity contribution in [1.29, 1.82) is 0 Å². The highest BCUT2D eigenvalue weighted by Gasteiger charge is 2.13. The average Bonchev–Trinajstić information content (AvgIpc) is 2.20. The van der Waals surface area contributed by atoms with Gasteiger partial charge in [0, 0.05) is 26.6 Å². The molecule has 0 spiro atoms. The Morgan fingerprint density at radius 1 is 1.44 bits per heavy atom. The first kappa shape index (κ1) is 18.1. The van der Waals surface area contributed by atoms with Crippen LogP contribution in [0.5, 0.6) is 0 Å². The van der Waals surface area contributed by atoms with Gasteiger partial charge in [-0.2, -0.15) is 0 Å². The van der Waals surface area contributed by atoms with Crippen molar-refractivity contribution in [2.24, 2.45) is 11.7 Å². The van der Waals surface area contributed by atoms with E-state index in [4.69, 9.17) is 10.5 Å². The molecule has 0 saturated heterocycles. The van der Waals surface area contributed by atoms with Gasteiger partial charge in [-0.05, 0) is 18.9 Å². The maximum absolute atomic E-state index is 11.8. The first-order valence-electron chi connectivity index (χ1n) is 5.58. The Morgan fingerprint density at radius 2 is 2.06 bits per heavy atom. The second-order valence-corrected chi connectivity index (χ2v) is 4.12. The minimum Gasteiger partial charge on any atom is -0.383 e. The normalized spacial score (nSPS) is 10.1. The summed E-state index contributed by atoms with van der Waals surface area (Å²) in [5.74, 6) is 0.676. The summed E-state index contributed by atoms with van der Waals surface area (Å²) >= 11 is 0. The second kappa shape index (κ2) is 11.2. The Balaban J connectivity index is 0. The summed E-state index contributed by atoms with van der Waals surface area (Å²) in [5.41, 5.74) is 5.38. The number of nitrogens with two attached hydrogens (primary N) is 1. The number of rotatable bonds is 8. The van der Waals surface area contributed by atoms with Crippen LogP contribution in [-0.4, -0.2) is 44.2 Å². The SMILES string of the molecule is COCCN(CC(C)C)C(=O)CCCN.Cl. The second-order valence-electron chi connectivity index (χ2n) is 4.12. The summed E-state index contributed by atoms with van der Waals surface area (Å²) in [5, 5.41) is 0. The molecule has 0 bridgehead atoms. The number of ether oxygens (including phenoxy) is 1. The largest absolute Gasteiger partial charge is 0.383 e. The van der Waals surface area contributed by atoms with Crippen molar-refractivity contribution in [1.82, 2.24) is 4.90 Å². The van der Waals surface area contributed by atoms with Gasteiger partial charge >= 0.3 is 0 Å². The molecule has 0 radical (unpaired) electrons. The molecule has 0 heterocycles. The lowest BCUT2D eigenvalue weighted by atomic mass is 10.2. The van der Waals surface area contributed by atoms with Gasteiger partial charge in [-0.3, -0.25) is 4.79 Å². The molecular formula is C11H25ClN2O2. The van der Waals surface area contributed by atoms with E-state index in [-0.39, 0.29) is 18.3 Å². The van der Waals surface area contributed by atoms with Gasteiger partial charge in [0.15, 0.2) is 0 Å². The highest BCUT2D eigenvalue weighted by Crippen LogP contribution is 2.02. The molecule has 0 atom stereocenters. The van der Waals surface area contributed by atoms with E-state index < -0.39 is 0 Å². The highest BCUT2D eigenvalue weighted by atomic mass is 35.5. The molecule has 0 unspecified atom stereocenters. The van der Waals surface area contributed by atoms with Crippen molar-refractivity contribution >= 4 is 18.3 Å². The van der Waals surface area contributed by atoms with Crippen LogP contribution < -0.4 is 5.73 Å². The van der Waals surface area contributed by atoms with Crippen LogP contribution >= 0.6 is 12.4 Å². The fourth-order valence-electron chi connectivity index (χ4n) is 1.37. The van der Waals surface area contributed by atoms with Crippen LogP contribution in [0.3, 0.4) is 0 Å². The van der Waals surface area contributed by atoms with Crippen molar-refractivity contribution in [3.05, 3.63) is 0 Å². The fourth-order valence-corrected chi connectivity index (χ4v) is 1.37. The van der Waals surface area contributed by atoms with Gasteiger partial charge in [0.2, 0.25) is 5.91 Å². The number of amides is 1. The van der Waals surface area contributed by atoms with Crippen LogP contribution in [0.15, 0.2) is 0 Å². The van der Waals surface area contributed by atoms with Crippen molar-refractivity contribution in [2.45, 2.75) is 26.7 Å². The summed E-state index contributed by atoms with van der Waals surface area (Å²) in [6.45, 7) is 6.86. The number of carbonyl (C=O) groups excluding carboxylic acids is 1. The molecule has 5 heteroatoms. The highest BCUT2D eigenvalue weighted by molar-refractivity contribution is 5.85. The van der Waals surface area contributed by atoms with E-state index in [0.29, 0.717) is 32.0 Å². The third-order valence-electron chi connectivity index (χ3n) is 2.10. The van der Waals surface area contributed by atoms with E-state index in [1.807, 2.05) is 4.90 Å². The van der Waals surface area contributed by atoms with Crippen LogP contribution in [0.1, 0.15) is 26.7 Å². The first-order valence-corrected chi connectivity index (χ1v) is 5.58. The van der Waals surface area contributed by atoms with Gasteiger partial charge in [-0.25, -0.2) is 0 Å². The number of carbonyl (C=O) groups is 1. The smallest absolute Gasteiger partial charge is 0.222 e. The molecule has 0 aromatic rings. The lowest BCUT2D eigenvalue weighted by Crippen LogP contribution is -2.36. The van der Waals surface area contributed by atoms with Crippen LogP contribution in [0, 0.1) is 5.92 Å². The van der Waals surface area contributed by atoms with E-state index in [1.165, 1.54) is 0 Å². The van der Waals surface area contributed by atoms with Crippen molar-refractivity contribution < 1.29 is 9.53 Å². The van der Waals surface area contributed by atoms with Gasteiger partial charge in [-0.15, -0.1) is 12.4 Å². The zero-order valence-electron chi connectivity index (χ0n) is 10.6. The molecule has 0 saturated carbocycles. The molecule has 2 N–H and O–H groups in total. The third kappa shape index (κ3) is 8.95. The Hall–Kier alpha value is -0.320. The van der Waals surface area contributed by atoms with E-state index in [2.05, 4.69) is 13.8 Å². The van der Waals surface area contributed by atoms with E-state index in [9.17, 15) is 4.79 Å². The molecule has 98 valence electrons. The first-order chi connectivity index (χ1) is 7.11. The molecule has 0 aromatic carbocycles. The standard InChI is InChI=1S/C11H24N2O2.ClH/c1-10(2)9-13(7-8-15-3)11(14)5-4-6-12;/h10H,4-9,12H2,1-3H3;1H. The number of methoxy groups -OCH3 is 1. The Morgan fingerprint density at radius 3 is 2.50 bits per heavy atom. The maximum atomic E-state index is 11.8. The minimum absolute atomic E-state index is 0. The summed E-state index contributed by atoms with van der Waals surface area (Å²) in [6, 6.07) is 0. The molecule has 16 heavy (non-hydrogen) atoms. The molecule has 0 rings (SSSR count). The predicted octanol–water partition coefficient (Wildman–Crippen LogP) is 1.28. The quantitative estimate of drug-likeness (QED) is 0.708. The van der Waals surface area contributed by atoms with Crippen LogP contribution in [0.4, 0.5) is 0 Å². The minimum atomic E-state index is 0. The summed E-state index contributed by atoms with van der Waals surface area (Å²) in [6.07, 6.45) is 1.31. The van der Waals surface area contributed by atoms with Gasteiger partial charge in [0.05, 0.1) is 6.61 Å². The molecular weight excluding hydrogens is 228 g/mol. The molecule has 0 fully saturated rings. The Bertz CT molecular complexity index is 177. The molecule has 0 aliphatic heterocycles. The Kier molecular flexibility index (Phi) is 12.6. The van der Waals surface area contributed by atoms with Crippen molar-refractivity contribution in [3.63, 3.8) is 0 Å². The topological polar surface area (TPSA) is 55.6 Å². The number of hydrogen-bond acceptors (Lipinski definition) is 3. The maximum Gasteiger partial charge on any atom is 0.222 e.